The topological polar surface area (TPSA) is 78.5 Å². The van der Waals surface area contributed by atoms with Crippen molar-refractivity contribution >= 4 is 50.6 Å². The Morgan fingerprint density at radius 1 is 1.22 bits per heavy atom. The quantitative estimate of drug-likeness (QED) is 0.205. The van der Waals surface area contributed by atoms with Gasteiger partial charge in [0.25, 0.3) is 11.1 Å². The molecule has 0 aliphatic heterocycles. The molecule has 10 heteroatoms. The van der Waals surface area contributed by atoms with E-state index in [1.165, 1.54) is 29.2 Å². The number of aryl methyl sites for hydroxylation is 1. The van der Waals surface area contributed by atoms with Crippen LogP contribution in [0.2, 0.25) is 5.02 Å². The van der Waals surface area contributed by atoms with Crippen molar-refractivity contribution in [2.45, 2.75) is 50.8 Å². The molecule has 0 atom stereocenters. The molecule has 32 heavy (non-hydrogen) atoms. The molecule has 168 valence electrons. The molecule has 0 radical (unpaired) electrons. The van der Waals surface area contributed by atoms with Gasteiger partial charge in [0.15, 0.2) is 10.1 Å². The number of ether oxygens (including phenoxy) is 1. The first-order valence-corrected chi connectivity index (χ1v) is 12.5. The van der Waals surface area contributed by atoms with Gasteiger partial charge in [0.1, 0.15) is 0 Å². The lowest BCUT2D eigenvalue weighted by Crippen LogP contribution is -2.24. The molecule has 3 aromatic heterocycles. The minimum atomic E-state index is -0.115. The molecule has 0 bridgehead atoms. The molecule has 4 rings (SSSR count). The van der Waals surface area contributed by atoms with Crippen molar-refractivity contribution in [1.82, 2.24) is 18.9 Å². The zero-order valence-corrected chi connectivity index (χ0v) is 20.4. The van der Waals surface area contributed by atoms with Gasteiger partial charge in [-0.1, -0.05) is 23.4 Å². The van der Waals surface area contributed by atoms with Crippen LogP contribution in [0.1, 0.15) is 31.7 Å². The van der Waals surface area contributed by atoms with Crippen LogP contribution in [0.4, 0.5) is 0 Å². The molecule has 0 spiro atoms. The fourth-order valence-electron chi connectivity index (χ4n) is 3.34. The lowest BCUT2D eigenvalue weighted by molar-refractivity contribution is 0.0743. The van der Waals surface area contributed by atoms with E-state index in [-0.39, 0.29) is 17.2 Å². The largest absolute Gasteiger partial charge is 0.379 e. The molecule has 1 aromatic carbocycles. The molecular weight excluding hydrogens is 468 g/mol. The van der Waals surface area contributed by atoms with Gasteiger partial charge in [0, 0.05) is 41.1 Å². The normalized spacial score (nSPS) is 11.8. The molecule has 0 aliphatic carbocycles. The summed E-state index contributed by atoms with van der Waals surface area (Å²) in [4.78, 5) is 35.6. The summed E-state index contributed by atoms with van der Waals surface area (Å²) in [5, 5.41) is 3.53. The fourth-order valence-corrected chi connectivity index (χ4v) is 5.31. The van der Waals surface area contributed by atoms with E-state index in [1.807, 2.05) is 26.2 Å². The third-order valence-corrected chi connectivity index (χ3v) is 7.03. The number of rotatable bonds is 8. The summed E-state index contributed by atoms with van der Waals surface area (Å²) in [5.74, 6) is 0.420. The SMILES string of the molecule is Cc1csc2nc(CSc3nc4cc(Cl)ccc4c(=O)n3CCCOC(C)C)cc(=O)n12. The van der Waals surface area contributed by atoms with Crippen molar-refractivity contribution in [3.8, 4) is 0 Å². The number of thioether (sulfide) groups is 1. The Balaban J connectivity index is 1.65. The van der Waals surface area contributed by atoms with E-state index in [0.29, 0.717) is 57.1 Å². The summed E-state index contributed by atoms with van der Waals surface area (Å²) in [6.45, 7) is 6.89. The van der Waals surface area contributed by atoms with Crippen LogP contribution in [0.3, 0.4) is 0 Å². The number of halogens is 1. The Bertz CT molecular complexity index is 1390. The molecule has 0 saturated heterocycles. The first kappa shape index (κ1) is 23.0. The molecular formula is C22H23ClN4O3S2. The molecule has 0 fully saturated rings. The first-order valence-electron chi connectivity index (χ1n) is 10.2. The number of aromatic nitrogens is 4. The summed E-state index contributed by atoms with van der Waals surface area (Å²) >= 11 is 8.94. The zero-order chi connectivity index (χ0) is 22.8. The Morgan fingerprint density at radius 3 is 2.81 bits per heavy atom. The maximum Gasteiger partial charge on any atom is 0.262 e. The summed E-state index contributed by atoms with van der Waals surface area (Å²) in [7, 11) is 0. The summed E-state index contributed by atoms with van der Waals surface area (Å²) in [6.07, 6.45) is 0.824. The second-order valence-corrected chi connectivity index (χ2v) is 9.87. The van der Waals surface area contributed by atoms with Crippen LogP contribution in [0, 0.1) is 6.92 Å². The molecule has 3 heterocycles. The minimum absolute atomic E-state index is 0.106. The van der Waals surface area contributed by atoms with Crippen molar-refractivity contribution < 1.29 is 4.74 Å². The highest BCUT2D eigenvalue weighted by Gasteiger charge is 2.14. The van der Waals surface area contributed by atoms with Gasteiger partial charge < -0.3 is 4.74 Å². The summed E-state index contributed by atoms with van der Waals surface area (Å²) in [6, 6.07) is 6.63. The lowest BCUT2D eigenvalue weighted by Gasteiger charge is -2.14. The second-order valence-electron chi connectivity index (χ2n) is 7.66. The van der Waals surface area contributed by atoms with Crippen molar-refractivity contribution in [3.05, 3.63) is 66.8 Å². The number of hydrogen-bond acceptors (Lipinski definition) is 7. The highest BCUT2D eigenvalue weighted by atomic mass is 35.5. The predicted molar refractivity (Wildman–Crippen MR) is 130 cm³/mol. The highest BCUT2D eigenvalue weighted by Crippen LogP contribution is 2.24. The fraction of sp³-hybridized carbons (Fsp3) is 0.364. The number of thiazole rings is 1. The van der Waals surface area contributed by atoms with Gasteiger partial charge >= 0.3 is 0 Å². The highest BCUT2D eigenvalue weighted by molar-refractivity contribution is 7.98. The summed E-state index contributed by atoms with van der Waals surface area (Å²) < 4.78 is 8.89. The third kappa shape index (κ3) is 4.91. The van der Waals surface area contributed by atoms with Gasteiger partial charge in [0.05, 0.1) is 22.7 Å². The lowest BCUT2D eigenvalue weighted by atomic mass is 10.2. The predicted octanol–water partition coefficient (Wildman–Crippen LogP) is 4.54. The van der Waals surface area contributed by atoms with E-state index in [4.69, 9.17) is 21.3 Å². The van der Waals surface area contributed by atoms with Crippen LogP contribution in [0.15, 0.2) is 44.4 Å². The van der Waals surface area contributed by atoms with Crippen molar-refractivity contribution in [3.63, 3.8) is 0 Å². The maximum absolute atomic E-state index is 13.2. The van der Waals surface area contributed by atoms with Crippen molar-refractivity contribution in [2.24, 2.45) is 0 Å². The molecule has 7 nitrogen and oxygen atoms in total. The van der Waals surface area contributed by atoms with E-state index in [1.54, 1.807) is 27.2 Å². The van der Waals surface area contributed by atoms with Crippen LogP contribution < -0.4 is 11.1 Å². The van der Waals surface area contributed by atoms with Gasteiger partial charge in [-0.25, -0.2) is 9.97 Å². The first-order chi connectivity index (χ1) is 15.3. The molecule has 4 aromatic rings. The van der Waals surface area contributed by atoms with E-state index >= 15 is 0 Å². The molecule has 0 amide bonds. The standard InChI is InChI=1S/C22H23ClN4O3S2/c1-13(2)30-8-4-7-26-20(29)17-6-5-15(23)9-18(17)25-21(26)32-12-16-10-19(28)27-14(3)11-31-22(27)24-16/h5-6,9-11,13H,4,7-8,12H2,1-3H3. The van der Waals surface area contributed by atoms with Gasteiger partial charge in [-0.2, -0.15) is 0 Å². The Hall–Kier alpha value is -2.20. The molecule has 0 saturated carbocycles. The van der Waals surface area contributed by atoms with Gasteiger partial charge in [-0.15, -0.1) is 11.3 Å². The number of benzene rings is 1. The molecule has 0 aliphatic rings. The maximum atomic E-state index is 13.2. The van der Waals surface area contributed by atoms with Crippen LogP contribution in [-0.4, -0.2) is 31.6 Å². The van der Waals surface area contributed by atoms with Gasteiger partial charge in [-0.3, -0.25) is 18.6 Å². The third-order valence-electron chi connectivity index (χ3n) is 4.84. The van der Waals surface area contributed by atoms with Crippen LogP contribution >= 0.6 is 34.7 Å². The zero-order valence-electron chi connectivity index (χ0n) is 18.0. The van der Waals surface area contributed by atoms with Gasteiger partial charge in [0.2, 0.25) is 0 Å². The average Bonchev–Trinajstić information content (AvgIpc) is 3.12. The van der Waals surface area contributed by atoms with E-state index in [2.05, 4.69) is 4.98 Å². The smallest absolute Gasteiger partial charge is 0.262 e. The Kier molecular flexibility index (Phi) is 6.99. The van der Waals surface area contributed by atoms with Crippen molar-refractivity contribution in [2.75, 3.05) is 6.61 Å². The van der Waals surface area contributed by atoms with Crippen LogP contribution in [0.5, 0.6) is 0 Å². The Morgan fingerprint density at radius 2 is 2.03 bits per heavy atom. The van der Waals surface area contributed by atoms with Crippen LogP contribution in [-0.2, 0) is 17.0 Å². The molecule has 0 N–H and O–H groups in total. The average molecular weight is 491 g/mol. The minimum Gasteiger partial charge on any atom is -0.379 e. The van der Waals surface area contributed by atoms with Crippen molar-refractivity contribution in [1.29, 1.82) is 0 Å². The van der Waals surface area contributed by atoms with Crippen LogP contribution in [0.25, 0.3) is 15.9 Å². The van der Waals surface area contributed by atoms with E-state index in [0.717, 1.165) is 5.69 Å². The summed E-state index contributed by atoms with van der Waals surface area (Å²) in [5.41, 5.74) is 1.85. The number of hydrogen-bond donors (Lipinski definition) is 0. The Labute approximate surface area is 198 Å². The number of fused-ring (bicyclic) bond motifs is 2. The van der Waals surface area contributed by atoms with E-state index in [9.17, 15) is 9.59 Å². The monoisotopic (exact) mass is 490 g/mol. The van der Waals surface area contributed by atoms with Gasteiger partial charge in [-0.05, 0) is 45.4 Å². The molecule has 0 unspecified atom stereocenters. The van der Waals surface area contributed by atoms with E-state index < -0.39 is 0 Å². The number of nitrogens with zero attached hydrogens (tertiary/aromatic N) is 4. The second kappa shape index (κ2) is 9.74.